The van der Waals surface area contributed by atoms with E-state index in [1.54, 1.807) is 31.1 Å². The Kier molecular flexibility index (Phi) is 19.6. The predicted octanol–water partition coefficient (Wildman–Crippen LogP) is 10.4. The minimum absolute atomic E-state index is 0.448. The van der Waals surface area contributed by atoms with Gasteiger partial charge in [0.05, 0.1) is 63.9 Å². The number of aryl methyl sites for hydroxylation is 1. The second kappa shape index (κ2) is 27.8. The third-order valence-corrected chi connectivity index (χ3v) is 11.5. The van der Waals surface area contributed by atoms with Gasteiger partial charge in [-0.2, -0.15) is 0 Å². The number of rotatable bonds is 8. The molecule has 1 saturated heterocycles. The molecule has 7 aromatic rings. The molecular weight excluding hydrogens is 923 g/mol. The fourth-order valence-corrected chi connectivity index (χ4v) is 8.03. The standard InChI is InChI=1S/C28H33N5O3.C26H26N6O3.C2H6/c1-21-19-30-28-31-24-15-22(16-25(18-24)35-14-11-33-9-3-4-10-33)20-34-12-5-2-6-13-36-26-17-23(7-8-29-26)27(21)32-28;1-2-11-33-18-20-14-22(17-23(15-20)34-13-10-32-9-8-27-19-32)30-26-29-7-5-24(31-26)21-4-6-28-25(16-21)35-12-3-1;1-2/h2,5,7-8,15-19H,3-4,6,9-14,20H2,1H3,(H,30,31,32);1-2,4-9,14-17,19H,3,10-13,18H2,(H,29,30,31);1-2H3/b5-2+;2-1+;. The molecule has 17 heteroatoms. The second-order valence-electron chi connectivity index (χ2n) is 17.0. The molecule has 3 aliphatic rings. The van der Waals surface area contributed by atoms with Crippen molar-refractivity contribution in [3.8, 4) is 45.8 Å². The molecule has 0 atom stereocenters. The van der Waals surface area contributed by atoms with Gasteiger partial charge in [0.2, 0.25) is 23.7 Å². The van der Waals surface area contributed by atoms with Gasteiger partial charge < -0.3 is 43.6 Å². The zero-order valence-electron chi connectivity index (χ0n) is 42.0. The van der Waals surface area contributed by atoms with Crippen molar-refractivity contribution in [2.24, 2.45) is 0 Å². The number of aromatic nitrogens is 8. The van der Waals surface area contributed by atoms with E-state index in [2.05, 4.69) is 57.6 Å². The Balaban J connectivity index is 0.000000189. The summed E-state index contributed by atoms with van der Waals surface area (Å²) in [6.45, 7) is 14.2. The predicted molar refractivity (Wildman–Crippen MR) is 283 cm³/mol. The Morgan fingerprint density at radius 1 is 0.616 bits per heavy atom. The summed E-state index contributed by atoms with van der Waals surface area (Å²) in [5, 5.41) is 6.67. The molecule has 0 radical (unpaired) electrons. The number of hydrogen-bond donors (Lipinski definition) is 2. The highest BCUT2D eigenvalue weighted by Gasteiger charge is 2.14. The van der Waals surface area contributed by atoms with Gasteiger partial charge in [-0.05, 0) is 105 Å². The van der Waals surface area contributed by atoms with E-state index in [0.29, 0.717) is 83.1 Å². The molecule has 3 aliphatic heterocycles. The van der Waals surface area contributed by atoms with Crippen molar-refractivity contribution in [1.29, 1.82) is 0 Å². The van der Waals surface area contributed by atoms with Crippen LogP contribution in [0.25, 0.3) is 22.5 Å². The first kappa shape index (κ1) is 51.6. The summed E-state index contributed by atoms with van der Waals surface area (Å²) in [6.07, 6.45) is 24.7. The van der Waals surface area contributed by atoms with Crippen LogP contribution in [0.2, 0.25) is 0 Å². The Morgan fingerprint density at radius 2 is 1.22 bits per heavy atom. The van der Waals surface area contributed by atoms with Crippen molar-refractivity contribution in [3.63, 3.8) is 0 Å². The molecule has 0 amide bonds. The molecule has 0 unspecified atom stereocenters. The number of benzene rings is 2. The van der Waals surface area contributed by atoms with Crippen molar-refractivity contribution < 1.29 is 28.4 Å². The molecule has 0 spiro atoms. The number of likely N-dealkylation sites (tertiary alicyclic amines) is 1. The van der Waals surface area contributed by atoms with Crippen molar-refractivity contribution in [1.82, 2.24) is 44.4 Å². The normalized spacial score (nSPS) is 15.7. The molecule has 5 aromatic heterocycles. The van der Waals surface area contributed by atoms with E-state index >= 15 is 0 Å². The van der Waals surface area contributed by atoms with Gasteiger partial charge in [0.25, 0.3) is 0 Å². The molecule has 73 heavy (non-hydrogen) atoms. The van der Waals surface area contributed by atoms with Gasteiger partial charge >= 0.3 is 0 Å². The highest BCUT2D eigenvalue weighted by molar-refractivity contribution is 5.67. The SMILES string of the molecule is C1=C/COCc2cc(cc(OCCn3ccnc3)c2)Nc2nccc(n2)-c2ccnc(c2)OCC/1.CC.Cc1cnc2nc1-c1ccnc(c1)OCC/C=C/COCc1cc(cc(OCCN3CCCC3)c1)N2. The largest absolute Gasteiger partial charge is 0.492 e. The van der Waals surface area contributed by atoms with Crippen LogP contribution < -0.4 is 29.6 Å². The maximum Gasteiger partial charge on any atom is 0.227 e. The van der Waals surface area contributed by atoms with Crippen LogP contribution in [-0.2, 0) is 29.2 Å². The molecule has 12 bridgehead atoms. The summed E-state index contributed by atoms with van der Waals surface area (Å²) in [6, 6.07) is 21.5. The Labute approximate surface area is 427 Å². The maximum absolute atomic E-state index is 6.15. The van der Waals surface area contributed by atoms with Crippen molar-refractivity contribution in [3.05, 3.63) is 151 Å². The van der Waals surface area contributed by atoms with Crippen LogP contribution in [0.4, 0.5) is 23.3 Å². The fourth-order valence-electron chi connectivity index (χ4n) is 8.03. The second-order valence-corrected chi connectivity index (χ2v) is 17.0. The molecule has 1 fully saturated rings. The van der Waals surface area contributed by atoms with Crippen LogP contribution in [0.5, 0.6) is 23.3 Å². The highest BCUT2D eigenvalue weighted by Crippen LogP contribution is 2.29. The lowest BCUT2D eigenvalue weighted by molar-refractivity contribution is 0.148. The van der Waals surface area contributed by atoms with Gasteiger partial charge in [0.1, 0.15) is 24.7 Å². The van der Waals surface area contributed by atoms with E-state index in [1.807, 2.05) is 117 Å². The lowest BCUT2D eigenvalue weighted by Crippen LogP contribution is -2.25. The Hall–Kier alpha value is -7.73. The first-order valence-corrected chi connectivity index (χ1v) is 25.1. The molecule has 0 saturated carbocycles. The van der Waals surface area contributed by atoms with Gasteiger partial charge in [-0.3, -0.25) is 4.90 Å². The zero-order chi connectivity index (χ0) is 50.3. The first-order chi connectivity index (χ1) is 36.0. The molecule has 8 heterocycles. The van der Waals surface area contributed by atoms with Crippen LogP contribution in [0, 0.1) is 6.92 Å². The monoisotopic (exact) mass is 988 g/mol. The van der Waals surface area contributed by atoms with Crippen LogP contribution in [0.15, 0.2) is 135 Å². The van der Waals surface area contributed by atoms with E-state index in [0.717, 1.165) is 94.6 Å². The van der Waals surface area contributed by atoms with E-state index < -0.39 is 0 Å². The molecule has 2 N–H and O–H groups in total. The van der Waals surface area contributed by atoms with Crippen molar-refractivity contribution in [2.45, 2.75) is 66.2 Å². The van der Waals surface area contributed by atoms with Crippen LogP contribution in [0.3, 0.4) is 0 Å². The minimum Gasteiger partial charge on any atom is -0.492 e. The topological polar surface area (TPSA) is 178 Å². The fraction of sp³-hybridized carbons (Fsp3) is 0.339. The number of fused-ring (bicyclic) bond motifs is 14. The summed E-state index contributed by atoms with van der Waals surface area (Å²) in [5.74, 6) is 3.69. The van der Waals surface area contributed by atoms with E-state index in [1.165, 1.54) is 12.8 Å². The van der Waals surface area contributed by atoms with Crippen molar-refractivity contribution >= 4 is 23.3 Å². The zero-order valence-corrected chi connectivity index (χ0v) is 42.0. The number of ether oxygens (including phenoxy) is 6. The Bertz CT molecular complexity index is 2860. The summed E-state index contributed by atoms with van der Waals surface area (Å²) in [7, 11) is 0. The van der Waals surface area contributed by atoms with Gasteiger partial charge in [-0.15, -0.1) is 0 Å². The number of anilines is 4. The average Bonchev–Trinajstić information content (AvgIpc) is 4.15. The van der Waals surface area contributed by atoms with Crippen molar-refractivity contribution in [2.75, 3.05) is 69.9 Å². The van der Waals surface area contributed by atoms with Crippen LogP contribution >= 0.6 is 0 Å². The van der Waals surface area contributed by atoms with Crippen LogP contribution in [0.1, 0.15) is 56.2 Å². The summed E-state index contributed by atoms with van der Waals surface area (Å²) >= 11 is 0. The molecule has 17 nitrogen and oxygen atoms in total. The molecule has 0 aliphatic carbocycles. The van der Waals surface area contributed by atoms with E-state index in [4.69, 9.17) is 33.4 Å². The molecule has 10 rings (SSSR count). The highest BCUT2D eigenvalue weighted by atomic mass is 16.5. The quantitative estimate of drug-likeness (QED) is 0.137. The maximum atomic E-state index is 6.15. The van der Waals surface area contributed by atoms with Gasteiger partial charge in [-0.25, -0.2) is 34.9 Å². The van der Waals surface area contributed by atoms with E-state index in [-0.39, 0.29) is 0 Å². The summed E-state index contributed by atoms with van der Waals surface area (Å²) in [4.78, 5) is 33.6. The van der Waals surface area contributed by atoms with Crippen LogP contribution in [-0.4, -0.2) is 104 Å². The number of pyridine rings is 2. The lowest BCUT2D eigenvalue weighted by atomic mass is 10.1. The number of nitrogens with zero attached hydrogens (tertiary/aromatic N) is 9. The minimum atomic E-state index is 0.448. The summed E-state index contributed by atoms with van der Waals surface area (Å²) < 4.78 is 37.5. The van der Waals surface area contributed by atoms with Gasteiger partial charge in [0, 0.05) is 90.5 Å². The number of imidazole rings is 1. The van der Waals surface area contributed by atoms with Gasteiger partial charge in [-0.1, -0.05) is 38.2 Å². The molecule has 2 aromatic carbocycles. The third kappa shape index (κ3) is 16.4. The lowest BCUT2D eigenvalue weighted by Gasteiger charge is -2.16. The smallest absolute Gasteiger partial charge is 0.227 e. The Morgan fingerprint density at radius 3 is 1.86 bits per heavy atom. The molecular formula is C56H65N11O6. The van der Waals surface area contributed by atoms with Gasteiger partial charge in [0.15, 0.2) is 0 Å². The molecule has 380 valence electrons. The third-order valence-electron chi connectivity index (χ3n) is 11.5. The summed E-state index contributed by atoms with van der Waals surface area (Å²) in [5.41, 5.74) is 8.11. The number of hydrogen-bond acceptors (Lipinski definition) is 16. The average molecular weight is 988 g/mol. The van der Waals surface area contributed by atoms with E-state index in [9.17, 15) is 0 Å². The number of nitrogens with one attached hydrogen (secondary N) is 2. The first-order valence-electron chi connectivity index (χ1n) is 25.1.